The molecule has 0 aliphatic carbocycles. The lowest BCUT2D eigenvalue weighted by molar-refractivity contribution is 0.102. The summed E-state index contributed by atoms with van der Waals surface area (Å²) in [5.41, 5.74) is -0.443. The molecule has 0 aliphatic heterocycles. The molecule has 0 fully saturated rings. The Morgan fingerprint density at radius 1 is 1.22 bits per heavy atom. The Balaban J connectivity index is 2.52. The molecule has 5 heteroatoms. The van der Waals surface area contributed by atoms with Crippen molar-refractivity contribution in [1.82, 2.24) is 4.98 Å². The van der Waals surface area contributed by atoms with Crippen molar-refractivity contribution in [2.24, 2.45) is 0 Å². The minimum absolute atomic E-state index is 0.0530. The van der Waals surface area contributed by atoms with Gasteiger partial charge in [-0.3, -0.25) is 9.78 Å². The topological polar surface area (TPSA) is 30.0 Å². The number of aryl methyl sites for hydroxylation is 1. The maximum Gasteiger partial charge on any atom is 0.217 e. The molecule has 2 nitrogen and oxygen atoms in total. The van der Waals surface area contributed by atoms with Gasteiger partial charge < -0.3 is 0 Å². The van der Waals surface area contributed by atoms with Crippen LogP contribution >= 0.6 is 11.6 Å². The van der Waals surface area contributed by atoms with Gasteiger partial charge in [0.15, 0.2) is 0 Å². The maximum atomic E-state index is 13.8. The third kappa shape index (κ3) is 2.24. The van der Waals surface area contributed by atoms with Crippen LogP contribution in [0.25, 0.3) is 0 Å². The number of carbonyl (C=O) groups is 1. The Morgan fingerprint density at radius 3 is 2.56 bits per heavy atom. The van der Waals surface area contributed by atoms with Crippen LogP contribution in [0.5, 0.6) is 0 Å². The van der Waals surface area contributed by atoms with Crippen molar-refractivity contribution in [1.29, 1.82) is 0 Å². The summed E-state index contributed by atoms with van der Waals surface area (Å²) in [5.74, 6) is -2.57. The van der Waals surface area contributed by atoms with Crippen molar-refractivity contribution in [2.75, 3.05) is 0 Å². The molecule has 1 heterocycles. The highest BCUT2D eigenvalue weighted by molar-refractivity contribution is 6.30. The molecule has 0 unspecified atom stereocenters. The van der Waals surface area contributed by atoms with E-state index in [0.717, 1.165) is 6.07 Å². The summed E-state index contributed by atoms with van der Waals surface area (Å²) >= 11 is 5.63. The third-order valence-electron chi connectivity index (χ3n) is 2.47. The molecule has 0 atom stereocenters. The Morgan fingerprint density at radius 2 is 1.94 bits per heavy atom. The van der Waals surface area contributed by atoms with E-state index < -0.39 is 23.0 Å². The Kier molecular flexibility index (Phi) is 3.39. The molecule has 2 rings (SSSR count). The van der Waals surface area contributed by atoms with Crippen molar-refractivity contribution >= 4 is 17.4 Å². The quantitative estimate of drug-likeness (QED) is 0.779. The number of hydrogen-bond donors (Lipinski definition) is 0. The fraction of sp³-hybridized carbons (Fsp3) is 0.0769. The van der Waals surface area contributed by atoms with Crippen LogP contribution in [0.1, 0.15) is 21.6 Å². The molecule has 0 spiro atoms. The van der Waals surface area contributed by atoms with E-state index in [2.05, 4.69) is 4.98 Å². The molecule has 0 saturated carbocycles. The smallest absolute Gasteiger partial charge is 0.217 e. The van der Waals surface area contributed by atoms with Crippen LogP contribution in [0.15, 0.2) is 30.5 Å². The van der Waals surface area contributed by atoms with E-state index in [1.807, 2.05) is 0 Å². The molecule has 1 aromatic carbocycles. The number of ketones is 1. The number of benzene rings is 1. The van der Waals surface area contributed by atoms with E-state index in [1.54, 1.807) is 0 Å². The molecular formula is C13H8ClF2NO. The molecule has 0 amide bonds. The van der Waals surface area contributed by atoms with Crippen LogP contribution in [-0.4, -0.2) is 10.8 Å². The van der Waals surface area contributed by atoms with Crippen LogP contribution in [-0.2, 0) is 0 Å². The molecule has 0 bridgehead atoms. The summed E-state index contributed by atoms with van der Waals surface area (Å²) in [4.78, 5) is 15.7. The van der Waals surface area contributed by atoms with Crippen LogP contribution < -0.4 is 0 Å². The van der Waals surface area contributed by atoms with Crippen molar-refractivity contribution in [3.63, 3.8) is 0 Å². The fourth-order valence-corrected chi connectivity index (χ4v) is 1.61. The van der Waals surface area contributed by atoms with Crippen LogP contribution in [0, 0.1) is 18.6 Å². The standard InChI is InChI=1S/C13H8ClF2NO/c1-7-2-4-9(15)11(12(7)16)13(18)10-5-3-8(14)6-17-10/h2-6H,1H3. The van der Waals surface area contributed by atoms with E-state index in [1.165, 1.54) is 31.3 Å². The summed E-state index contributed by atoms with van der Waals surface area (Å²) in [6.45, 7) is 1.46. The Bertz CT molecular complexity index is 611. The van der Waals surface area contributed by atoms with Gasteiger partial charge in [0.2, 0.25) is 5.78 Å². The first-order valence-electron chi connectivity index (χ1n) is 5.11. The molecule has 0 aliphatic rings. The first-order chi connectivity index (χ1) is 8.50. The fourth-order valence-electron chi connectivity index (χ4n) is 1.50. The van der Waals surface area contributed by atoms with E-state index in [-0.39, 0.29) is 11.3 Å². The molecule has 2 aromatic rings. The van der Waals surface area contributed by atoms with Gasteiger partial charge >= 0.3 is 0 Å². The highest BCUT2D eigenvalue weighted by Crippen LogP contribution is 2.19. The van der Waals surface area contributed by atoms with Crippen LogP contribution in [0.2, 0.25) is 5.02 Å². The lowest BCUT2D eigenvalue weighted by Gasteiger charge is -2.06. The number of nitrogens with zero attached hydrogens (tertiary/aromatic N) is 1. The minimum atomic E-state index is -0.903. The maximum absolute atomic E-state index is 13.8. The first-order valence-corrected chi connectivity index (χ1v) is 5.49. The van der Waals surface area contributed by atoms with Gasteiger partial charge in [0.05, 0.1) is 10.6 Å². The van der Waals surface area contributed by atoms with Gasteiger partial charge in [-0.25, -0.2) is 8.78 Å². The molecule has 1 aromatic heterocycles. The molecule has 0 saturated heterocycles. The second-order valence-electron chi connectivity index (χ2n) is 3.74. The zero-order chi connectivity index (χ0) is 13.3. The number of carbonyl (C=O) groups excluding carboxylic acids is 1. The largest absolute Gasteiger partial charge is 0.287 e. The first kappa shape index (κ1) is 12.6. The average molecular weight is 268 g/mol. The van der Waals surface area contributed by atoms with Crippen molar-refractivity contribution in [3.05, 3.63) is 63.9 Å². The molecule has 0 N–H and O–H groups in total. The zero-order valence-corrected chi connectivity index (χ0v) is 10.1. The summed E-state index contributed by atoms with van der Waals surface area (Å²) in [7, 11) is 0. The summed E-state index contributed by atoms with van der Waals surface area (Å²) < 4.78 is 27.3. The second-order valence-corrected chi connectivity index (χ2v) is 4.18. The zero-order valence-electron chi connectivity index (χ0n) is 9.38. The van der Waals surface area contributed by atoms with Gasteiger partial charge in [0.25, 0.3) is 0 Å². The monoisotopic (exact) mass is 267 g/mol. The van der Waals surface area contributed by atoms with E-state index >= 15 is 0 Å². The second kappa shape index (κ2) is 4.82. The molecule has 18 heavy (non-hydrogen) atoms. The van der Waals surface area contributed by atoms with Crippen LogP contribution in [0.4, 0.5) is 8.78 Å². The van der Waals surface area contributed by atoms with Gasteiger partial charge in [0, 0.05) is 6.20 Å². The highest BCUT2D eigenvalue weighted by atomic mass is 35.5. The van der Waals surface area contributed by atoms with Gasteiger partial charge in [-0.2, -0.15) is 0 Å². The average Bonchev–Trinajstić information content (AvgIpc) is 2.35. The number of rotatable bonds is 2. The van der Waals surface area contributed by atoms with E-state index in [0.29, 0.717) is 5.02 Å². The SMILES string of the molecule is Cc1ccc(F)c(C(=O)c2ccc(Cl)cn2)c1F. The van der Waals surface area contributed by atoms with Crippen molar-refractivity contribution in [2.45, 2.75) is 6.92 Å². The highest BCUT2D eigenvalue weighted by Gasteiger charge is 2.21. The summed E-state index contributed by atoms with van der Waals surface area (Å²) in [6.07, 6.45) is 1.25. The number of aromatic nitrogens is 1. The van der Waals surface area contributed by atoms with Crippen molar-refractivity contribution in [3.8, 4) is 0 Å². The lowest BCUT2D eigenvalue weighted by atomic mass is 10.0. The van der Waals surface area contributed by atoms with Crippen LogP contribution in [0.3, 0.4) is 0 Å². The van der Waals surface area contributed by atoms with Crippen molar-refractivity contribution < 1.29 is 13.6 Å². The van der Waals surface area contributed by atoms with Gasteiger partial charge in [-0.1, -0.05) is 17.7 Å². The number of pyridine rings is 1. The summed E-state index contributed by atoms with van der Waals surface area (Å²) in [5, 5.41) is 0.344. The predicted octanol–water partition coefficient (Wildman–Crippen LogP) is 3.55. The number of hydrogen-bond acceptors (Lipinski definition) is 2. The van der Waals surface area contributed by atoms with Gasteiger partial charge in [-0.15, -0.1) is 0 Å². The Hall–Kier alpha value is -1.81. The molecular weight excluding hydrogens is 260 g/mol. The van der Waals surface area contributed by atoms with E-state index in [4.69, 9.17) is 11.6 Å². The third-order valence-corrected chi connectivity index (χ3v) is 2.69. The predicted molar refractivity (Wildman–Crippen MR) is 63.8 cm³/mol. The summed E-state index contributed by atoms with van der Waals surface area (Å²) in [6, 6.07) is 5.09. The normalized spacial score (nSPS) is 10.4. The Labute approximate surface area is 107 Å². The lowest BCUT2D eigenvalue weighted by Crippen LogP contribution is -2.10. The van der Waals surface area contributed by atoms with E-state index in [9.17, 15) is 13.6 Å². The van der Waals surface area contributed by atoms with Gasteiger partial charge in [-0.05, 0) is 30.7 Å². The number of halogens is 3. The van der Waals surface area contributed by atoms with Gasteiger partial charge in [0.1, 0.15) is 17.3 Å². The molecule has 92 valence electrons. The minimum Gasteiger partial charge on any atom is -0.287 e. The molecule has 0 radical (unpaired) electrons.